The highest BCUT2D eigenvalue weighted by atomic mass is 19.4. The van der Waals surface area contributed by atoms with Gasteiger partial charge >= 0.3 is 18.5 Å². The van der Waals surface area contributed by atoms with E-state index in [9.17, 15) is 57.9 Å². The van der Waals surface area contributed by atoms with Gasteiger partial charge in [0.25, 0.3) is 5.91 Å². The molecule has 1 unspecified atom stereocenters. The maximum Gasteiger partial charge on any atom is 0.417 e. The lowest BCUT2D eigenvalue weighted by atomic mass is 9.93. The highest BCUT2D eigenvalue weighted by Crippen LogP contribution is 2.40. The van der Waals surface area contributed by atoms with E-state index in [0.717, 1.165) is 19.2 Å². The molecular weight excluding hydrogens is 569 g/mol. The van der Waals surface area contributed by atoms with Gasteiger partial charge in [-0.15, -0.1) is 0 Å². The Morgan fingerprint density at radius 2 is 1.50 bits per heavy atom. The first kappa shape index (κ1) is 32.6. The topological polar surface area (TPSA) is 49.4 Å². The summed E-state index contributed by atoms with van der Waals surface area (Å²) in [5, 5.41) is 1.73. The fraction of sp³-hybridized carbons (Fsp3) is 0.360. The maximum atomic E-state index is 14.9. The molecule has 2 amide bonds. The molecule has 0 saturated carbocycles. The van der Waals surface area contributed by atoms with Crippen molar-refractivity contribution in [1.29, 1.82) is 0 Å². The average molecular weight is 590 g/mol. The summed E-state index contributed by atoms with van der Waals surface area (Å²) in [5.74, 6) is -8.02. The predicted molar refractivity (Wildman–Crippen MR) is 121 cm³/mol. The van der Waals surface area contributed by atoms with Crippen LogP contribution in [-0.4, -0.2) is 49.2 Å². The predicted octanol–water partition coefficient (Wildman–Crippen LogP) is 6.87. The smallest absolute Gasteiger partial charge is 0.343 e. The number of hydrogen-bond donors (Lipinski definition) is 1. The molecule has 0 radical (unpaired) electrons. The van der Waals surface area contributed by atoms with Crippen LogP contribution in [0.1, 0.15) is 44.1 Å². The molecule has 0 spiro atoms. The number of alkyl halides is 9. The van der Waals surface area contributed by atoms with E-state index in [0.29, 0.717) is 12.1 Å². The monoisotopic (exact) mass is 590 g/mol. The van der Waals surface area contributed by atoms with Crippen molar-refractivity contribution in [3.63, 3.8) is 0 Å². The van der Waals surface area contributed by atoms with E-state index in [1.807, 2.05) is 0 Å². The normalized spacial score (nSPS) is 13.7. The molecule has 0 fully saturated rings. The molecule has 1 N–H and O–H groups in total. The van der Waals surface area contributed by atoms with Gasteiger partial charge in [0.05, 0.1) is 17.7 Å². The second kappa shape index (κ2) is 11.8. The molecule has 4 nitrogen and oxygen atoms in total. The van der Waals surface area contributed by atoms with Crippen LogP contribution in [0.15, 0.2) is 36.4 Å². The van der Waals surface area contributed by atoms with Gasteiger partial charge in [0.15, 0.2) is 0 Å². The molecule has 0 aliphatic rings. The number of carbonyl (C=O) groups is 2. The minimum Gasteiger partial charge on any atom is -0.343 e. The molecule has 2 aromatic carbocycles. The number of benzene rings is 2. The van der Waals surface area contributed by atoms with E-state index < -0.39 is 83.2 Å². The van der Waals surface area contributed by atoms with E-state index in [1.54, 1.807) is 5.32 Å². The SMILES string of the molecule is Cc1cc(C(/C=C(\F)c2ccc(C(=O)NCC(=O)N(C)CC(F)(F)F)c(C(F)(F)F)c2)C(F)(F)F)cc(C)c1F. The molecule has 40 heavy (non-hydrogen) atoms. The van der Waals surface area contributed by atoms with Crippen molar-refractivity contribution < 1.29 is 57.9 Å². The van der Waals surface area contributed by atoms with Crippen molar-refractivity contribution in [3.8, 4) is 0 Å². The van der Waals surface area contributed by atoms with Crippen LogP contribution in [0.5, 0.6) is 0 Å². The third-order valence-electron chi connectivity index (χ3n) is 5.57. The van der Waals surface area contributed by atoms with Crippen LogP contribution < -0.4 is 5.32 Å². The molecule has 15 heteroatoms. The van der Waals surface area contributed by atoms with E-state index in [1.165, 1.54) is 13.8 Å². The largest absolute Gasteiger partial charge is 0.417 e. The Balaban J connectivity index is 2.42. The zero-order valence-electron chi connectivity index (χ0n) is 20.9. The molecule has 220 valence electrons. The number of allylic oxidation sites excluding steroid dienone is 1. The van der Waals surface area contributed by atoms with Crippen molar-refractivity contribution in [3.05, 3.63) is 75.6 Å². The summed E-state index contributed by atoms with van der Waals surface area (Å²) in [6.07, 6.45) is -15.2. The van der Waals surface area contributed by atoms with Gasteiger partial charge in [0, 0.05) is 12.6 Å². The number of carbonyl (C=O) groups excluding carboxylic acids is 2. The van der Waals surface area contributed by atoms with Crippen LogP contribution in [0.4, 0.5) is 48.3 Å². The summed E-state index contributed by atoms with van der Waals surface area (Å²) in [4.78, 5) is 24.2. The summed E-state index contributed by atoms with van der Waals surface area (Å²) >= 11 is 0. The van der Waals surface area contributed by atoms with Gasteiger partial charge in [-0.05, 0) is 48.7 Å². The van der Waals surface area contributed by atoms with Crippen molar-refractivity contribution >= 4 is 17.6 Å². The molecule has 2 rings (SSSR count). The van der Waals surface area contributed by atoms with Gasteiger partial charge < -0.3 is 10.2 Å². The van der Waals surface area contributed by atoms with Crippen LogP contribution in [0.3, 0.4) is 0 Å². The standard InChI is InChI=1S/C25H21F11N2O2/c1-12-6-15(7-13(2)21(12)27)17(24(31,32)33)9-19(26)14-4-5-16(18(8-14)25(34,35)36)22(40)37-10-20(39)38(3)11-23(28,29)30/h4-9,17H,10-11H2,1-3H3,(H,37,40)/b19-9-. The van der Waals surface area contributed by atoms with E-state index in [-0.39, 0.29) is 28.2 Å². The highest BCUT2D eigenvalue weighted by Gasteiger charge is 2.41. The number of rotatable bonds is 7. The molecule has 2 aromatic rings. The Labute approximate surface area is 220 Å². The first-order valence-electron chi connectivity index (χ1n) is 11.1. The summed E-state index contributed by atoms with van der Waals surface area (Å²) < 4.78 is 148. The van der Waals surface area contributed by atoms with Crippen molar-refractivity contribution in [2.45, 2.75) is 38.3 Å². The minimum absolute atomic E-state index is 0.0104. The number of hydrogen-bond acceptors (Lipinski definition) is 2. The molecule has 0 saturated heterocycles. The van der Waals surface area contributed by atoms with Crippen LogP contribution in [0.2, 0.25) is 0 Å². The van der Waals surface area contributed by atoms with Crippen LogP contribution in [0.25, 0.3) is 5.83 Å². The summed E-state index contributed by atoms with van der Waals surface area (Å²) in [6, 6.07) is 2.76. The molecule has 0 bridgehead atoms. The quantitative estimate of drug-likeness (QED) is 0.358. The van der Waals surface area contributed by atoms with Crippen molar-refractivity contribution in [2.75, 3.05) is 20.1 Å². The van der Waals surface area contributed by atoms with Gasteiger partial charge in [0.1, 0.15) is 24.1 Å². The number of nitrogens with one attached hydrogen (secondary N) is 1. The molecule has 1 atom stereocenters. The Morgan fingerprint density at radius 1 is 0.950 bits per heavy atom. The first-order valence-corrected chi connectivity index (χ1v) is 11.1. The second-order valence-electron chi connectivity index (χ2n) is 8.81. The van der Waals surface area contributed by atoms with Gasteiger partial charge in [-0.2, -0.15) is 39.5 Å². The Hall–Kier alpha value is -3.65. The van der Waals surface area contributed by atoms with Gasteiger partial charge in [-0.25, -0.2) is 8.78 Å². The second-order valence-corrected chi connectivity index (χ2v) is 8.81. The number of likely N-dealkylation sites (N-methyl/N-ethyl adjacent to an activating group) is 1. The Morgan fingerprint density at radius 3 is 1.98 bits per heavy atom. The lowest BCUT2D eigenvalue weighted by Crippen LogP contribution is -2.42. The van der Waals surface area contributed by atoms with Crippen LogP contribution in [0, 0.1) is 19.7 Å². The van der Waals surface area contributed by atoms with E-state index in [2.05, 4.69) is 0 Å². The zero-order valence-corrected chi connectivity index (χ0v) is 20.9. The van der Waals surface area contributed by atoms with Gasteiger partial charge in [-0.3, -0.25) is 9.59 Å². The third kappa shape index (κ3) is 8.42. The fourth-order valence-corrected chi connectivity index (χ4v) is 3.65. The highest BCUT2D eigenvalue weighted by molar-refractivity contribution is 5.98. The first-order chi connectivity index (χ1) is 18.1. The lowest BCUT2D eigenvalue weighted by molar-refractivity contribution is -0.157. The lowest BCUT2D eigenvalue weighted by Gasteiger charge is -2.20. The van der Waals surface area contributed by atoms with E-state index in [4.69, 9.17) is 0 Å². The fourth-order valence-electron chi connectivity index (χ4n) is 3.65. The number of amides is 2. The van der Waals surface area contributed by atoms with Crippen molar-refractivity contribution in [1.82, 2.24) is 10.2 Å². The molecule has 0 aliphatic heterocycles. The van der Waals surface area contributed by atoms with Crippen molar-refractivity contribution in [2.24, 2.45) is 0 Å². The minimum atomic E-state index is -5.32. The third-order valence-corrected chi connectivity index (χ3v) is 5.57. The summed E-state index contributed by atoms with van der Waals surface area (Å²) in [5.41, 5.74) is -4.82. The van der Waals surface area contributed by atoms with E-state index >= 15 is 0 Å². The molecule has 0 heterocycles. The Bertz CT molecular complexity index is 1270. The number of halogens is 11. The number of aryl methyl sites for hydroxylation is 2. The molecular formula is C25H21F11N2O2. The number of nitrogens with zero attached hydrogens (tertiary/aromatic N) is 1. The summed E-state index contributed by atoms with van der Waals surface area (Å²) in [6.45, 7) is -0.435. The maximum absolute atomic E-state index is 14.9. The average Bonchev–Trinajstić information content (AvgIpc) is 2.80. The van der Waals surface area contributed by atoms with Gasteiger partial charge in [0.2, 0.25) is 5.91 Å². The molecule has 0 aromatic heterocycles. The Kier molecular flexibility index (Phi) is 9.64. The summed E-state index contributed by atoms with van der Waals surface area (Å²) in [7, 11) is 0.746. The van der Waals surface area contributed by atoms with Crippen LogP contribution >= 0.6 is 0 Å². The molecule has 0 aliphatic carbocycles. The van der Waals surface area contributed by atoms with Gasteiger partial charge in [-0.1, -0.05) is 18.2 Å². The zero-order chi connectivity index (χ0) is 30.8. The van der Waals surface area contributed by atoms with Crippen LogP contribution in [-0.2, 0) is 11.0 Å².